The normalized spacial score (nSPS) is 20.3. The van der Waals surface area contributed by atoms with Crippen LogP contribution in [-0.4, -0.2) is 12.3 Å². The lowest BCUT2D eigenvalue weighted by Gasteiger charge is -2.29. The van der Waals surface area contributed by atoms with Crippen molar-refractivity contribution in [2.45, 2.75) is 37.8 Å². The van der Waals surface area contributed by atoms with E-state index in [1.807, 2.05) is 18.8 Å². The Balaban J connectivity index is 2.09. The average Bonchev–Trinajstić information content (AvgIpc) is 2.47. The Morgan fingerprint density at radius 2 is 1.63 bits per heavy atom. The van der Waals surface area contributed by atoms with Gasteiger partial charge in [0.05, 0.1) is 0 Å². The van der Waals surface area contributed by atoms with Crippen molar-refractivity contribution in [1.82, 2.24) is 0 Å². The van der Waals surface area contributed by atoms with Crippen molar-refractivity contribution in [3.63, 3.8) is 0 Å². The summed E-state index contributed by atoms with van der Waals surface area (Å²) in [6.07, 6.45) is 6.07. The van der Waals surface area contributed by atoms with E-state index in [2.05, 4.69) is 30.3 Å². The monoisotopic (exact) mass is 272 g/mol. The van der Waals surface area contributed by atoms with Gasteiger partial charge in [-0.15, -0.1) is 0 Å². The van der Waals surface area contributed by atoms with Crippen LogP contribution in [0.1, 0.15) is 32.1 Å². The Labute approximate surface area is 115 Å². The number of rotatable bonds is 2. The van der Waals surface area contributed by atoms with Gasteiger partial charge in [0.25, 0.3) is 0 Å². The highest BCUT2D eigenvalue weighted by atomic mass is 31.2. The zero-order chi connectivity index (χ0) is 13.3. The van der Waals surface area contributed by atoms with Crippen LogP contribution < -0.4 is 5.30 Å². The maximum absolute atomic E-state index is 13.4. The van der Waals surface area contributed by atoms with E-state index in [1.54, 1.807) is 0 Å². The minimum Gasteiger partial charge on any atom is -0.319 e. The van der Waals surface area contributed by atoms with Crippen LogP contribution in [0, 0.1) is 0 Å². The lowest BCUT2D eigenvalue weighted by atomic mass is 10.0. The molecule has 0 aliphatic heterocycles. The van der Waals surface area contributed by atoms with Crippen LogP contribution in [-0.2, 0) is 4.57 Å². The molecule has 0 bridgehead atoms. The molecule has 1 saturated carbocycles. The predicted molar refractivity (Wildman–Crippen MR) is 84.0 cm³/mol. The van der Waals surface area contributed by atoms with Crippen LogP contribution in [0.4, 0.5) is 0 Å². The molecule has 1 aliphatic carbocycles. The first-order valence-electron chi connectivity index (χ1n) is 7.25. The molecule has 2 aromatic carbocycles. The third kappa shape index (κ3) is 2.37. The van der Waals surface area contributed by atoms with Crippen LogP contribution in [0.25, 0.3) is 10.8 Å². The van der Waals surface area contributed by atoms with Gasteiger partial charge in [-0.3, -0.25) is 0 Å². The Hall–Kier alpha value is -1.07. The standard InChI is InChI=1S/C17H21OP/c1-19(18,15-10-3-2-4-11-15)17-13-7-9-14-8-5-6-12-16(14)17/h5-9,12-13,15H,2-4,10-11H2,1H3. The number of benzene rings is 2. The van der Waals surface area contributed by atoms with Gasteiger partial charge in [0.2, 0.25) is 0 Å². The first-order valence-corrected chi connectivity index (χ1v) is 9.47. The summed E-state index contributed by atoms with van der Waals surface area (Å²) in [5.41, 5.74) is 0.395. The van der Waals surface area contributed by atoms with Crippen molar-refractivity contribution in [3.8, 4) is 0 Å². The molecule has 1 fully saturated rings. The molecule has 3 rings (SSSR count). The van der Waals surface area contributed by atoms with Crippen LogP contribution in [0.3, 0.4) is 0 Å². The maximum Gasteiger partial charge on any atom is 0.116 e. The molecule has 0 heterocycles. The summed E-state index contributed by atoms with van der Waals surface area (Å²) in [5, 5.41) is 3.48. The largest absolute Gasteiger partial charge is 0.319 e. The van der Waals surface area contributed by atoms with Gasteiger partial charge in [0.1, 0.15) is 7.14 Å². The molecule has 100 valence electrons. The molecule has 0 aromatic heterocycles. The second-order valence-corrected chi connectivity index (χ2v) is 8.97. The molecule has 0 spiro atoms. The Kier molecular flexibility index (Phi) is 3.50. The summed E-state index contributed by atoms with van der Waals surface area (Å²) in [4.78, 5) is 0. The van der Waals surface area contributed by atoms with Crippen molar-refractivity contribution in [3.05, 3.63) is 42.5 Å². The molecule has 2 heteroatoms. The smallest absolute Gasteiger partial charge is 0.116 e. The topological polar surface area (TPSA) is 17.1 Å². The van der Waals surface area contributed by atoms with Gasteiger partial charge in [0, 0.05) is 11.0 Å². The zero-order valence-electron chi connectivity index (χ0n) is 11.5. The molecule has 0 amide bonds. The minimum atomic E-state index is -2.27. The fourth-order valence-electron chi connectivity index (χ4n) is 3.37. The number of hydrogen-bond acceptors (Lipinski definition) is 1. The second kappa shape index (κ2) is 5.13. The molecule has 2 aromatic rings. The van der Waals surface area contributed by atoms with Gasteiger partial charge in [-0.1, -0.05) is 61.7 Å². The van der Waals surface area contributed by atoms with Crippen molar-refractivity contribution in [1.29, 1.82) is 0 Å². The molecule has 19 heavy (non-hydrogen) atoms. The molecule has 0 saturated heterocycles. The van der Waals surface area contributed by atoms with Gasteiger partial charge in [-0.25, -0.2) is 0 Å². The Morgan fingerprint density at radius 3 is 2.42 bits per heavy atom. The predicted octanol–water partition coefficient (Wildman–Crippen LogP) is 4.79. The van der Waals surface area contributed by atoms with Crippen molar-refractivity contribution in [2.75, 3.05) is 6.66 Å². The minimum absolute atomic E-state index is 0.395. The fraction of sp³-hybridized carbons (Fsp3) is 0.412. The van der Waals surface area contributed by atoms with Gasteiger partial charge >= 0.3 is 0 Å². The fourth-order valence-corrected chi connectivity index (χ4v) is 6.17. The quantitative estimate of drug-likeness (QED) is 0.718. The van der Waals surface area contributed by atoms with Crippen molar-refractivity contribution < 1.29 is 4.57 Å². The second-order valence-electron chi connectivity index (χ2n) is 5.78. The van der Waals surface area contributed by atoms with E-state index >= 15 is 0 Å². The van der Waals surface area contributed by atoms with Crippen LogP contribution in [0.2, 0.25) is 0 Å². The maximum atomic E-state index is 13.4. The van der Waals surface area contributed by atoms with E-state index in [9.17, 15) is 4.57 Å². The van der Waals surface area contributed by atoms with Gasteiger partial charge < -0.3 is 4.57 Å². The van der Waals surface area contributed by atoms with Gasteiger partial charge in [0.15, 0.2) is 0 Å². The summed E-state index contributed by atoms with van der Waals surface area (Å²) >= 11 is 0. The van der Waals surface area contributed by atoms with Crippen molar-refractivity contribution >= 4 is 23.2 Å². The summed E-state index contributed by atoms with van der Waals surface area (Å²) in [7, 11) is -2.27. The van der Waals surface area contributed by atoms with E-state index in [0.29, 0.717) is 5.66 Å². The molecule has 0 N–H and O–H groups in total. The highest BCUT2D eigenvalue weighted by Crippen LogP contribution is 2.52. The van der Waals surface area contributed by atoms with Gasteiger partial charge in [-0.05, 0) is 30.3 Å². The summed E-state index contributed by atoms with van der Waals surface area (Å²) in [6, 6.07) is 14.6. The third-order valence-corrected chi connectivity index (χ3v) is 7.77. The molecule has 1 atom stereocenters. The molecule has 1 aliphatic rings. The summed E-state index contributed by atoms with van der Waals surface area (Å²) in [6.45, 7) is 2.00. The van der Waals surface area contributed by atoms with E-state index in [1.165, 1.54) is 30.0 Å². The van der Waals surface area contributed by atoms with Crippen molar-refractivity contribution in [2.24, 2.45) is 0 Å². The molecule has 0 radical (unpaired) electrons. The molecule has 1 unspecified atom stereocenters. The van der Waals surface area contributed by atoms with Crippen LogP contribution in [0.15, 0.2) is 42.5 Å². The van der Waals surface area contributed by atoms with E-state index < -0.39 is 7.14 Å². The first kappa shape index (κ1) is 12.9. The zero-order valence-corrected chi connectivity index (χ0v) is 12.4. The van der Waals surface area contributed by atoms with E-state index in [4.69, 9.17) is 0 Å². The number of fused-ring (bicyclic) bond motifs is 1. The lowest BCUT2D eigenvalue weighted by molar-refractivity contribution is 0.488. The molecular weight excluding hydrogens is 251 g/mol. The SMILES string of the molecule is CP(=O)(c1cccc2ccccc12)C1CCCCC1. The van der Waals surface area contributed by atoms with E-state index in [-0.39, 0.29) is 0 Å². The Bertz CT molecular complexity index is 621. The third-order valence-electron chi connectivity index (χ3n) is 4.52. The molecular formula is C17H21OP. The highest BCUT2D eigenvalue weighted by Gasteiger charge is 2.32. The van der Waals surface area contributed by atoms with Gasteiger partial charge in [-0.2, -0.15) is 0 Å². The molecule has 1 nitrogen and oxygen atoms in total. The highest BCUT2D eigenvalue weighted by molar-refractivity contribution is 7.72. The van der Waals surface area contributed by atoms with Crippen LogP contribution >= 0.6 is 7.14 Å². The van der Waals surface area contributed by atoms with E-state index in [0.717, 1.165) is 18.1 Å². The average molecular weight is 272 g/mol. The summed E-state index contributed by atoms with van der Waals surface area (Å²) in [5.74, 6) is 0. The Morgan fingerprint density at radius 1 is 0.947 bits per heavy atom. The summed E-state index contributed by atoms with van der Waals surface area (Å²) < 4.78 is 13.4. The number of hydrogen-bond donors (Lipinski definition) is 0. The van der Waals surface area contributed by atoms with Crippen LogP contribution in [0.5, 0.6) is 0 Å². The first-order chi connectivity index (χ1) is 9.19. The lowest BCUT2D eigenvalue weighted by Crippen LogP contribution is -2.20.